The number of aliphatic hydroxyl groups is 1. The Labute approximate surface area is 105 Å². The first-order chi connectivity index (χ1) is 8.00. The van der Waals surface area contributed by atoms with E-state index in [0.717, 1.165) is 0 Å². The van der Waals surface area contributed by atoms with E-state index in [0.29, 0.717) is 17.9 Å². The minimum atomic E-state index is -0.886. The summed E-state index contributed by atoms with van der Waals surface area (Å²) in [6.45, 7) is 3.79. The van der Waals surface area contributed by atoms with Gasteiger partial charge in [-0.2, -0.15) is 11.8 Å². The third-order valence-electron chi connectivity index (χ3n) is 2.29. The van der Waals surface area contributed by atoms with Crippen LogP contribution in [0.1, 0.15) is 19.5 Å². The fourth-order valence-corrected chi connectivity index (χ4v) is 2.14. The van der Waals surface area contributed by atoms with Gasteiger partial charge in [-0.3, -0.25) is 0 Å². The minimum Gasteiger partial charge on any atom is -0.387 e. The van der Waals surface area contributed by atoms with Crippen molar-refractivity contribution in [3.63, 3.8) is 0 Å². The number of nitrogens with zero attached hydrogens (tertiary/aromatic N) is 2. The normalized spacial score (nSPS) is 14.4. The quantitative estimate of drug-likeness (QED) is 0.814. The molecule has 0 radical (unpaired) electrons. The van der Waals surface area contributed by atoms with Gasteiger partial charge in [0.05, 0.1) is 11.3 Å². The fourth-order valence-electron chi connectivity index (χ4n) is 1.41. The van der Waals surface area contributed by atoms with Gasteiger partial charge in [0.15, 0.2) is 11.6 Å². The van der Waals surface area contributed by atoms with Gasteiger partial charge in [0.2, 0.25) is 0 Å². The predicted molar refractivity (Wildman–Crippen MR) is 68.9 cm³/mol. The van der Waals surface area contributed by atoms with Crippen LogP contribution in [-0.2, 0) is 6.42 Å². The third-order valence-corrected chi connectivity index (χ3v) is 3.20. The van der Waals surface area contributed by atoms with Gasteiger partial charge in [0.1, 0.15) is 6.33 Å². The Balaban J connectivity index is 2.69. The molecule has 1 atom stereocenters. The van der Waals surface area contributed by atoms with Gasteiger partial charge in [0, 0.05) is 12.3 Å². The monoisotopic (exact) mass is 259 g/mol. The fraction of sp³-hybridized carbons (Fsp3) is 0.636. The second-order valence-corrected chi connectivity index (χ2v) is 4.99. The maximum absolute atomic E-state index is 13.8. The molecule has 0 spiro atoms. The highest BCUT2D eigenvalue weighted by Crippen LogP contribution is 2.16. The van der Waals surface area contributed by atoms with Crippen LogP contribution in [0.2, 0.25) is 0 Å². The summed E-state index contributed by atoms with van der Waals surface area (Å²) in [6, 6.07) is 0. The maximum Gasteiger partial charge on any atom is 0.186 e. The van der Waals surface area contributed by atoms with E-state index in [1.807, 2.05) is 13.2 Å². The Morgan fingerprint density at radius 3 is 2.82 bits per heavy atom. The molecular weight excluding hydrogens is 241 g/mol. The summed E-state index contributed by atoms with van der Waals surface area (Å²) in [5, 5.41) is 12.8. The number of hydrogen-bond acceptors (Lipinski definition) is 5. The SMILES string of the molecule is CCc1ncnc(NCC(C)(O)CSC)c1F. The van der Waals surface area contributed by atoms with Crippen molar-refractivity contribution in [3.8, 4) is 0 Å². The minimum absolute atomic E-state index is 0.151. The zero-order valence-electron chi connectivity index (χ0n) is 10.3. The standard InChI is InChI=1S/C11H18FN3OS/c1-4-8-9(12)10(15-7-14-8)13-5-11(2,16)6-17-3/h7,16H,4-6H2,1-3H3,(H,13,14,15). The molecule has 1 unspecified atom stereocenters. The van der Waals surface area contributed by atoms with Gasteiger partial charge < -0.3 is 10.4 Å². The molecule has 0 saturated carbocycles. The van der Waals surface area contributed by atoms with Crippen LogP contribution in [0.5, 0.6) is 0 Å². The summed E-state index contributed by atoms with van der Waals surface area (Å²) in [6.07, 6.45) is 3.76. The molecule has 4 nitrogen and oxygen atoms in total. The first kappa shape index (κ1) is 14.2. The number of nitrogens with one attached hydrogen (secondary N) is 1. The Bertz CT molecular complexity index is 374. The summed E-state index contributed by atoms with van der Waals surface area (Å²) in [5.74, 6) is 0.293. The summed E-state index contributed by atoms with van der Waals surface area (Å²) in [7, 11) is 0. The summed E-state index contributed by atoms with van der Waals surface area (Å²) < 4.78 is 13.8. The lowest BCUT2D eigenvalue weighted by Gasteiger charge is -2.23. The van der Waals surface area contributed by atoms with Crippen molar-refractivity contribution in [2.45, 2.75) is 25.9 Å². The van der Waals surface area contributed by atoms with E-state index >= 15 is 0 Å². The van der Waals surface area contributed by atoms with Crippen molar-refractivity contribution in [1.29, 1.82) is 0 Å². The molecule has 1 aromatic rings. The molecule has 0 fully saturated rings. The molecule has 0 amide bonds. The van der Waals surface area contributed by atoms with Crippen LogP contribution < -0.4 is 5.32 Å². The zero-order valence-corrected chi connectivity index (χ0v) is 11.1. The molecule has 1 rings (SSSR count). The molecular formula is C11H18FN3OS. The number of hydrogen-bond donors (Lipinski definition) is 2. The number of aromatic nitrogens is 2. The molecule has 0 aliphatic heterocycles. The maximum atomic E-state index is 13.8. The largest absolute Gasteiger partial charge is 0.387 e. The highest BCUT2D eigenvalue weighted by Gasteiger charge is 2.20. The molecule has 96 valence electrons. The Morgan fingerprint density at radius 1 is 1.53 bits per heavy atom. The average Bonchev–Trinajstić information content (AvgIpc) is 2.28. The van der Waals surface area contributed by atoms with Crippen LogP contribution >= 0.6 is 11.8 Å². The van der Waals surface area contributed by atoms with Gasteiger partial charge in [-0.15, -0.1) is 0 Å². The lowest BCUT2D eigenvalue weighted by Crippen LogP contribution is -2.36. The van der Waals surface area contributed by atoms with E-state index in [-0.39, 0.29) is 12.4 Å². The van der Waals surface area contributed by atoms with Gasteiger partial charge in [-0.25, -0.2) is 14.4 Å². The molecule has 0 aliphatic rings. The molecule has 1 heterocycles. The molecule has 1 aromatic heterocycles. The van der Waals surface area contributed by atoms with Crippen LogP contribution in [0.15, 0.2) is 6.33 Å². The Hall–Kier alpha value is -0.880. The van der Waals surface area contributed by atoms with Gasteiger partial charge in [-0.1, -0.05) is 6.92 Å². The molecule has 0 bridgehead atoms. The van der Waals surface area contributed by atoms with Crippen molar-refractivity contribution < 1.29 is 9.50 Å². The van der Waals surface area contributed by atoms with E-state index in [4.69, 9.17) is 0 Å². The van der Waals surface area contributed by atoms with Crippen LogP contribution in [0.25, 0.3) is 0 Å². The number of anilines is 1. The molecule has 0 aromatic carbocycles. The van der Waals surface area contributed by atoms with Gasteiger partial charge >= 0.3 is 0 Å². The Morgan fingerprint density at radius 2 is 2.24 bits per heavy atom. The van der Waals surface area contributed by atoms with Crippen molar-refractivity contribution in [2.75, 3.05) is 23.9 Å². The number of halogens is 1. The molecule has 6 heteroatoms. The van der Waals surface area contributed by atoms with E-state index in [1.165, 1.54) is 18.1 Å². The van der Waals surface area contributed by atoms with Crippen LogP contribution in [0.4, 0.5) is 10.2 Å². The molecule has 0 aliphatic carbocycles. The lowest BCUT2D eigenvalue weighted by atomic mass is 10.1. The Kier molecular flexibility index (Phi) is 5.14. The second-order valence-electron chi connectivity index (χ2n) is 4.12. The van der Waals surface area contributed by atoms with Crippen molar-refractivity contribution >= 4 is 17.6 Å². The van der Waals surface area contributed by atoms with E-state index in [2.05, 4.69) is 15.3 Å². The second kappa shape index (κ2) is 6.16. The molecule has 0 saturated heterocycles. The summed E-state index contributed by atoms with van der Waals surface area (Å²) >= 11 is 1.54. The molecule has 2 N–H and O–H groups in total. The van der Waals surface area contributed by atoms with Crippen molar-refractivity contribution in [2.24, 2.45) is 0 Å². The topological polar surface area (TPSA) is 58.0 Å². The van der Waals surface area contributed by atoms with Gasteiger partial charge in [0.25, 0.3) is 0 Å². The highest BCUT2D eigenvalue weighted by atomic mass is 32.2. The van der Waals surface area contributed by atoms with Crippen LogP contribution in [0, 0.1) is 5.82 Å². The first-order valence-corrected chi connectivity index (χ1v) is 6.84. The van der Waals surface area contributed by atoms with E-state index in [1.54, 1.807) is 6.92 Å². The van der Waals surface area contributed by atoms with E-state index in [9.17, 15) is 9.50 Å². The van der Waals surface area contributed by atoms with Crippen molar-refractivity contribution in [1.82, 2.24) is 9.97 Å². The third kappa shape index (κ3) is 4.12. The average molecular weight is 259 g/mol. The highest BCUT2D eigenvalue weighted by molar-refractivity contribution is 7.98. The number of aryl methyl sites for hydroxylation is 1. The number of rotatable bonds is 6. The smallest absolute Gasteiger partial charge is 0.186 e. The first-order valence-electron chi connectivity index (χ1n) is 5.44. The van der Waals surface area contributed by atoms with Crippen LogP contribution in [-0.4, -0.2) is 39.2 Å². The zero-order chi connectivity index (χ0) is 12.9. The summed E-state index contributed by atoms with van der Waals surface area (Å²) in [4.78, 5) is 7.68. The number of thioether (sulfide) groups is 1. The van der Waals surface area contributed by atoms with E-state index < -0.39 is 11.4 Å². The van der Waals surface area contributed by atoms with Crippen LogP contribution in [0.3, 0.4) is 0 Å². The predicted octanol–water partition coefficient (Wildman–Crippen LogP) is 1.70. The lowest BCUT2D eigenvalue weighted by molar-refractivity contribution is 0.0995. The van der Waals surface area contributed by atoms with Crippen molar-refractivity contribution in [3.05, 3.63) is 17.8 Å². The van der Waals surface area contributed by atoms with Gasteiger partial charge in [-0.05, 0) is 19.6 Å². The molecule has 17 heavy (non-hydrogen) atoms. The summed E-state index contributed by atoms with van der Waals surface area (Å²) in [5.41, 5.74) is -0.504.